The van der Waals surface area contributed by atoms with Gasteiger partial charge in [-0.05, 0) is 49.3 Å². The maximum Gasteiger partial charge on any atom is 0.0266 e. The van der Waals surface area contributed by atoms with Crippen LogP contribution in [0.15, 0.2) is 48.5 Å². The second-order valence-electron chi connectivity index (χ2n) is 5.31. The van der Waals surface area contributed by atoms with Crippen LogP contribution in [0.1, 0.15) is 24.1 Å². The summed E-state index contributed by atoms with van der Waals surface area (Å²) in [4.78, 5) is 2.19. The number of hydrogen-bond donors (Lipinski definition) is 1. The zero-order chi connectivity index (χ0) is 13.8. The topological polar surface area (TPSA) is 29.3 Å². The maximum atomic E-state index is 5.97. The molecule has 100 valence electrons. The molecule has 0 aliphatic rings. The lowest BCUT2D eigenvalue weighted by Gasteiger charge is -2.15. The molecule has 19 heavy (non-hydrogen) atoms. The second-order valence-corrected chi connectivity index (χ2v) is 5.31. The number of hydrogen-bond acceptors (Lipinski definition) is 2. The quantitative estimate of drug-likeness (QED) is 0.905. The summed E-state index contributed by atoms with van der Waals surface area (Å²) in [7, 11) is 4.18. The Kier molecular flexibility index (Phi) is 4.35. The molecule has 0 fully saturated rings. The summed E-state index contributed by atoms with van der Waals surface area (Å²) in [5.41, 5.74) is 11.0. The van der Waals surface area contributed by atoms with Crippen LogP contribution in [0, 0.1) is 0 Å². The summed E-state index contributed by atoms with van der Waals surface area (Å²) >= 11 is 0. The van der Waals surface area contributed by atoms with Crippen molar-refractivity contribution in [2.24, 2.45) is 5.73 Å². The highest BCUT2D eigenvalue weighted by Gasteiger charge is 2.07. The predicted octanol–water partition coefficient (Wildman–Crippen LogP) is 3.43. The predicted molar refractivity (Wildman–Crippen MR) is 81.9 cm³/mol. The normalized spacial score (nSPS) is 12.7. The van der Waals surface area contributed by atoms with Gasteiger partial charge in [-0.15, -0.1) is 0 Å². The molecular weight excluding hydrogens is 232 g/mol. The van der Waals surface area contributed by atoms with E-state index in [-0.39, 0.29) is 6.04 Å². The lowest BCUT2D eigenvalue weighted by Crippen LogP contribution is -2.11. The molecule has 0 aliphatic heterocycles. The van der Waals surface area contributed by atoms with Gasteiger partial charge in [0.1, 0.15) is 0 Å². The highest BCUT2D eigenvalue weighted by Crippen LogP contribution is 2.26. The fourth-order valence-corrected chi connectivity index (χ4v) is 2.27. The Morgan fingerprint density at radius 1 is 1.05 bits per heavy atom. The Balaban J connectivity index is 2.43. The van der Waals surface area contributed by atoms with Crippen LogP contribution in [0.4, 0.5) is 0 Å². The van der Waals surface area contributed by atoms with Gasteiger partial charge in [-0.3, -0.25) is 0 Å². The van der Waals surface area contributed by atoms with Crippen molar-refractivity contribution in [3.63, 3.8) is 0 Å². The van der Waals surface area contributed by atoms with Gasteiger partial charge < -0.3 is 10.6 Å². The zero-order valence-corrected chi connectivity index (χ0v) is 11.9. The first-order chi connectivity index (χ1) is 9.08. The van der Waals surface area contributed by atoms with Crippen molar-refractivity contribution in [3.8, 4) is 11.1 Å². The van der Waals surface area contributed by atoms with E-state index in [1.54, 1.807) is 0 Å². The van der Waals surface area contributed by atoms with Crippen LogP contribution in [0.3, 0.4) is 0 Å². The van der Waals surface area contributed by atoms with Crippen molar-refractivity contribution < 1.29 is 0 Å². The lowest BCUT2D eigenvalue weighted by atomic mass is 9.96. The van der Waals surface area contributed by atoms with Crippen LogP contribution in [-0.2, 0) is 6.54 Å². The van der Waals surface area contributed by atoms with Gasteiger partial charge in [-0.1, -0.05) is 42.5 Å². The van der Waals surface area contributed by atoms with E-state index in [2.05, 4.69) is 67.5 Å². The van der Waals surface area contributed by atoms with E-state index in [1.165, 1.54) is 22.3 Å². The molecule has 0 bridgehead atoms. The molecular formula is C17H22N2. The van der Waals surface area contributed by atoms with E-state index < -0.39 is 0 Å². The average molecular weight is 254 g/mol. The Labute approximate surface area is 115 Å². The Hall–Kier alpha value is -1.64. The van der Waals surface area contributed by atoms with E-state index in [4.69, 9.17) is 5.73 Å². The third-order valence-corrected chi connectivity index (χ3v) is 3.23. The van der Waals surface area contributed by atoms with Gasteiger partial charge in [0.25, 0.3) is 0 Å². The zero-order valence-electron chi connectivity index (χ0n) is 11.9. The number of nitrogens with zero attached hydrogens (tertiary/aromatic N) is 1. The molecule has 2 heteroatoms. The monoisotopic (exact) mass is 254 g/mol. The van der Waals surface area contributed by atoms with Crippen LogP contribution in [0.5, 0.6) is 0 Å². The largest absolute Gasteiger partial charge is 0.324 e. The van der Waals surface area contributed by atoms with Crippen molar-refractivity contribution in [2.45, 2.75) is 19.5 Å². The highest BCUT2D eigenvalue weighted by atomic mass is 15.0. The van der Waals surface area contributed by atoms with Crippen molar-refractivity contribution in [1.29, 1.82) is 0 Å². The molecule has 0 aliphatic carbocycles. The molecule has 2 aromatic rings. The first-order valence-corrected chi connectivity index (χ1v) is 6.66. The number of benzene rings is 2. The SMILES string of the molecule is CC(N)c1cccc(-c2ccccc2CN(C)C)c1. The van der Waals surface area contributed by atoms with Gasteiger partial charge in [0.05, 0.1) is 0 Å². The van der Waals surface area contributed by atoms with Gasteiger partial charge >= 0.3 is 0 Å². The second kappa shape index (κ2) is 6.00. The third-order valence-electron chi connectivity index (χ3n) is 3.23. The Bertz CT molecular complexity index is 544. The Morgan fingerprint density at radius 3 is 2.47 bits per heavy atom. The molecule has 0 spiro atoms. The van der Waals surface area contributed by atoms with Crippen LogP contribution in [0.2, 0.25) is 0 Å². The fourth-order valence-electron chi connectivity index (χ4n) is 2.27. The fraction of sp³-hybridized carbons (Fsp3) is 0.294. The smallest absolute Gasteiger partial charge is 0.0266 e. The standard InChI is InChI=1S/C17H22N2/c1-13(18)14-8-6-9-15(11-14)17-10-5-4-7-16(17)12-19(2)3/h4-11,13H,12,18H2,1-3H3. The molecule has 0 saturated carbocycles. The average Bonchev–Trinajstić information content (AvgIpc) is 2.39. The number of rotatable bonds is 4. The number of nitrogens with two attached hydrogens (primary N) is 1. The third kappa shape index (κ3) is 3.43. The van der Waals surface area contributed by atoms with Crippen molar-refractivity contribution in [2.75, 3.05) is 14.1 Å². The molecule has 0 radical (unpaired) electrons. The summed E-state index contributed by atoms with van der Waals surface area (Å²) < 4.78 is 0. The molecule has 0 saturated heterocycles. The van der Waals surface area contributed by atoms with Crippen LogP contribution in [0.25, 0.3) is 11.1 Å². The van der Waals surface area contributed by atoms with Gasteiger partial charge in [-0.2, -0.15) is 0 Å². The molecule has 0 heterocycles. The summed E-state index contributed by atoms with van der Waals surface area (Å²) in [6, 6.07) is 17.1. The van der Waals surface area contributed by atoms with Crippen molar-refractivity contribution >= 4 is 0 Å². The molecule has 1 unspecified atom stereocenters. The maximum absolute atomic E-state index is 5.97. The van der Waals surface area contributed by atoms with Crippen LogP contribution < -0.4 is 5.73 Å². The summed E-state index contributed by atoms with van der Waals surface area (Å²) in [6.07, 6.45) is 0. The van der Waals surface area contributed by atoms with Gasteiger partial charge in [0.15, 0.2) is 0 Å². The molecule has 0 amide bonds. The van der Waals surface area contributed by atoms with E-state index in [9.17, 15) is 0 Å². The van der Waals surface area contributed by atoms with E-state index in [0.29, 0.717) is 0 Å². The van der Waals surface area contributed by atoms with Crippen molar-refractivity contribution in [1.82, 2.24) is 4.90 Å². The lowest BCUT2D eigenvalue weighted by molar-refractivity contribution is 0.403. The minimum Gasteiger partial charge on any atom is -0.324 e. The van der Waals surface area contributed by atoms with Crippen molar-refractivity contribution in [3.05, 3.63) is 59.7 Å². The van der Waals surface area contributed by atoms with E-state index in [0.717, 1.165) is 6.54 Å². The van der Waals surface area contributed by atoms with Crippen LogP contribution >= 0.6 is 0 Å². The Morgan fingerprint density at radius 2 is 1.79 bits per heavy atom. The minimum absolute atomic E-state index is 0.0703. The summed E-state index contributed by atoms with van der Waals surface area (Å²) in [5, 5.41) is 0. The molecule has 1 atom stereocenters. The molecule has 2 nitrogen and oxygen atoms in total. The first-order valence-electron chi connectivity index (χ1n) is 6.66. The minimum atomic E-state index is 0.0703. The first kappa shape index (κ1) is 13.8. The van der Waals surface area contributed by atoms with Gasteiger partial charge in [0, 0.05) is 12.6 Å². The summed E-state index contributed by atoms with van der Waals surface area (Å²) in [6.45, 7) is 2.96. The molecule has 2 aromatic carbocycles. The van der Waals surface area contributed by atoms with Crippen LogP contribution in [-0.4, -0.2) is 19.0 Å². The highest BCUT2D eigenvalue weighted by molar-refractivity contribution is 5.68. The molecule has 0 aromatic heterocycles. The van der Waals surface area contributed by atoms with E-state index in [1.807, 2.05) is 6.92 Å². The van der Waals surface area contributed by atoms with Gasteiger partial charge in [0.2, 0.25) is 0 Å². The summed E-state index contributed by atoms with van der Waals surface area (Å²) in [5.74, 6) is 0. The molecule has 2 N–H and O–H groups in total. The van der Waals surface area contributed by atoms with Gasteiger partial charge in [-0.25, -0.2) is 0 Å². The van der Waals surface area contributed by atoms with E-state index >= 15 is 0 Å². The molecule has 2 rings (SSSR count).